The lowest BCUT2D eigenvalue weighted by Gasteiger charge is -2.11. The van der Waals surface area contributed by atoms with Crippen LogP contribution in [0, 0.1) is 6.92 Å². The van der Waals surface area contributed by atoms with Gasteiger partial charge in [0.2, 0.25) is 11.7 Å². The molecule has 4 rings (SSSR count). The number of anilines is 1. The highest BCUT2D eigenvalue weighted by Gasteiger charge is 2.16. The van der Waals surface area contributed by atoms with Crippen molar-refractivity contribution < 1.29 is 14.1 Å². The Balaban J connectivity index is 1.52. The first-order valence-electron chi connectivity index (χ1n) is 9.23. The number of hydrogen-bond acceptors (Lipinski definition) is 5. The van der Waals surface area contributed by atoms with Gasteiger partial charge in [-0.3, -0.25) is 4.79 Å². The number of carbonyl (C=O) groups excluding carboxylic acids is 1. The molecule has 0 saturated heterocycles. The van der Waals surface area contributed by atoms with E-state index in [2.05, 4.69) is 15.5 Å². The number of benzene rings is 2. The molecule has 1 amide bonds. The van der Waals surface area contributed by atoms with Gasteiger partial charge in [-0.05, 0) is 37.3 Å². The largest absolute Gasteiger partial charge is 0.495 e. The maximum absolute atomic E-state index is 12.6. The number of hydrogen-bond donors (Lipinski definition) is 1. The molecule has 0 fully saturated rings. The number of rotatable bonds is 6. The minimum Gasteiger partial charge on any atom is -0.495 e. The van der Waals surface area contributed by atoms with Gasteiger partial charge in [0.25, 0.3) is 5.89 Å². The molecule has 2 aromatic heterocycles. The first-order chi connectivity index (χ1) is 14.5. The van der Waals surface area contributed by atoms with Crippen LogP contribution in [-0.2, 0) is 11.3 Å². The molecule has 0 aliphatic carbocycles. The van der Waals surface area contributed by atoms with Crippen LogP contribution in [-0.4, -0.2) is 27.7 Å². The van der Waals surface area contributed by atoms with Crippen LogP contribution < -0.4 is 10.1 Å². The zero-order valence-electron chi connectivity index (χ0n) is 16.4. The summed E-state index contributed by atoms with van der Waals surface area (Å²) in [6.07, 6.45) is 1.78. The monoisotopic (exact) mass is 422 g/mol. The van der Waals surface area contributed by atoms with Crippen LogP contribution in [0.2, 0.25) is 5.02 Å². The van der Waals surface area contributed by atoms with Crippen molar-refractivity contribution in [2.24, 2.45) is 0 Å². The summed E-state index contributed by atoms with van der Waals surface area (Å²) in [5, 5.41) is 7.38. The number of aryl methyl sites for hydroxylation is 1. The number of nitrogens with zero attached hydrogens (tertiary/aromatic N) is 3. The first-order valence-corrected chi connectivity index (χ1v) is 9.61. The van der Waals surface area contributed by atoms with E-state index >= 15 is 0 Å². The van der Waals surface area contributed by atoms with Gasteiger partial charge in [-0.1, -0.05) is 46.6 Å². The maximum Gasteiger partial charge on any atom is 0.274 e. The number of aromatic nitrogens is 3. The fourth-order valence-electron chi connectivity index (χ4n) is 3.02. The number of halogens is 1. The third-order valence-electron chi connectivity index (χ3n) is 4.53. The summed E-state index contributed by atoms with van der Waals surface area (Å²) < 4.78 is 12.4. The maximum atomic E-state index is 12.6. The van der Waals surface area contributed by atoms with Gasteiger partial charge in [0.1, 0.15) is 18.0 Å². The Morgan fingerprint density at radius 3 is 2.77 bits per heavy atom. The lowest BCUT2D eigenvalue weighted by Crippen LogP contribution is -2.19. The normalized spacial score (nSPS) is 10.8. The van der Waals surface area contributed by atoms with Crippen LogP contribution in [0.15, 0.2) is 65.3 Å². The summed E-state index contributed by atoms with van der Waals surface area (Å²) in [6.45, 7) is 2.07. The fourth-order valence-corrected chi connectivity index (χ4v) is 3.19. The third-order valence-corrected chi connectivity index (χ3v) is 4.77. The van der Waals surface area contributed by atoms with Crippen molar-refractivity contribution in [3.63, 3.8) is 0 Å². The molecule has 0 aliphatic rings. The van der Waals surface area contributed by atoms with E-state index < -0.39 is 0 Å². The molecule has 152 valence electrons. The van der Waals surface area contributed by atoms with E-state index in [4.69, 9.17) is 20.9 Å². The Labute approximate surface area is 178 Å². The van der Waals surface area contributed by atoms with Crippen molar-refractivity contribution in [1.82, 2.24) is 14.7 Å². The molecule has 7 nitrogen and oxygen atoms in total. The Bertz CT molecular complexity index is 1180. The van der Waals surface area contributed by atoms with E-state index in [0.717, 1.165) is 11.1 Å². The highest BCUT2D eigenvalue weighted by Crippen LogP contribution is 2.28. The molecule has 0 radical (unpaired) electrons. The second-order valence-electron chi connectivity index (χ2n) is 6.70. The lowest BCUT2D eigenvalue weighted by atomic mass is 10.1. The smallest absolute Gasteiger partial charge is 0.274 e. The average Bonchev–Trinajstić information content (AvgIpc) is 3.38. The second-order valence-corrected chi connectivity index (χ2v) is 7.14. The second kappa shape index (κ2) is 8.42. The molecule has 1 N–H and O–H groups in total. The van der Waals surface area contributed by atoms with Gasteiger partial charge < -0.3 is 19.1 Å². The number of ether oxygens (including phenoxy) is 1. The van der Waals surface area contributed by atoms with Crippen LogP contribution in [0.4, 0.5) is 5.69 Å². The van der Waals surface area contributed by atoms with E-state index in [1.807, 2.05) is 43.3 Å². The standard InChI is InChI=1S/C22H19ClN4O3/c1-14-5-7-15(8-6-14)21-25-22(30-26-21)18-4-3-11-27(18)13-20(28)24-17-12-16(23)9-10-19(17)29-2/h3-12H,13H2,1-2H3,(H,24,28). The van der Waals surface area contributed by atoms with Crippen LogP contribution in [0.25, 0.3) is 23.0 Å². The number of amides is 1. The minimum atomic E-state index is -0.244. The summed E-state index contributed by atoms with van der Waals surface area (Å²) in [5.41, 5.74) is 3.16. The summed E-state index contributed by atoms with van der Waals surface area (Å²) in [5.74, 6) is 1.11. The Hall–Kier alpha value is -3.58. The van der Waals surface area contributed by atoms with Gasteiger partial charge in [0, 0.05) is 16.8 Å². The SMILES string of the molecule is COc1ccc(Cl)cc1NC(=O)Cn1cccc1-c1nc(-c2ccc(C)cc2)no1. The van der Waals surface area contributed by atoms with Crippen molar-refractivity contribution in [2.45, 2.75) is 13.5 Å². The number of nitrogens with one attached hydrogen (secondary N) is 1. The highest BCUT2D eigenvalue weighted by atomic mass is 35.5. The quantitative estimate of drug-likeness (QED) is 0.482. The van der Waals surface area contributed by atoms with E-state index in [1.165, 1.54) is 7.11 Å². The van der Waals surface area contributed by atoms with E-state index in [-0.39, 0.29) is 12.5 Å². The predicted molar refractivity (Wildman–Crippen MR) is 115 cm³/mol. The third kappa shape index (κ3) is 4.21. The molecule has 0 aliphatic heterocycles. The topological polar surface area (TPSA) is 82.2 Å². The van der Waals surface area contributed by atoms with E-state index in [0.29, 0.717) is 33.9 Å². The number of carbonyl (C=O) groups is 1. The zero-order valence-corrected chi connectivity index (χ0v) is 17.2. The van der Waals surface area contributed by atoms with Crippen LogP contribution >= 0.6 is 11.6 Å². The Morgan fingerprint density at radius 1 is 1.20 bits per heavy atom. The minimum absolute atomic E-state index is 0.0558. The molecular weight excluding hydrogens is 404 g/mol. The lowest BCUT2D eigenvalue weighted by molar-refractivity contribution is -0.116. The summed E-state index contributed by atoms with van der Waals surface area (Å²) >= 11 is 6.03. The van der Waals surface area contributed by atoms with Gasteiger partial charge in [0.15, 0.2) is 0 Å². The van der Waals surface area contributed by atoms with Gasteiger partial charge in [-0.15, -0.1) is 0 Å². The van der Waals surface area contributed by atoms with Crippen LogP contribution in [0.1, 0.15) is 5.56 Å². The van der Waals surface area contributed by atoms with Gasteiger partial charge in [0.05, 0.1) is 12.8 Å². The average molecular weight is 423 g/mol. The molecule has 2 heterocycles. The fraction of sp³-hybridized carbons (Fsp3) is 0.136. The van der Waals surface area contributed by atoms with E-state index in [9.17, 15) is 4.79 Å². The molecule has 0 bridgehead atoms. The zero-order chi connectivity index (χ0) is 21.1. The van der Waals surface area contributed by atoms with Crippen molar-refractivity contribution in [3.8, 4) is 28.7 Å². The Morgan fingerprint density at radius 2 is 2.00 bits per heavy atom. The Kier molecular flexibility index (Phi) is 5.54. The van der Waals surface area contributed by atoms with Gasteiger partial charge in [-0.2, -0.15) is 4.98 Å². The molecule has 0 atom stereocenters. The highest BCUT2D eigenvalue weighted by molar-refractivity contribution is 6.31. The molecule has 30 heavy (non-hydrogen) atoms. The van der Waals surface area contributed by atoms with Crippen molar-refractivity contribution in [1.29, 1.82) is 0 Å². The molecule has 0 spiro atoms. The predicted octanol–water partition coefficient (Wildman–Crippen LogP) is 4.81. The van der Waals surface area contributed by atoms with E-state index in [1.54, 1.807) is 29.0 Å². The molecule has 2 aromatic carbocycles. The van der Waals surface area contributed by atoms with Crippen molar-refractivity contribution in [2.75, 3.05) is 12.4 Å². The van der Waals surface area contributed by atoms with Crippen molar-refractivity contribution >= 4 is 23.2 Å². The summed E-state index contributed by atoms with van der Waals surface area (Å²) in [7, 11) is 1.53. The molecule has 0 saturated carbocycles. The van der Waals surface area contributed by atoms with Crippen LogP contribution in [0.3, 0.4) is 0 Å². The molecule has 0 unspecified atom stereocenters. The summed E-state index contributed by atoms with van der Waals surface area (Å²) in [6, 6.07) is 16.5. The number of methoxy groups -OCH3 is 1. The molecule has 8 heteroatoms. The molecular formula is C22H19ClN4O3. The van der Waals surface area contributed by atoms with Crippen LogP contribution in [0.5, 0.6) is 5.75 Å². The molecule has 4 aromatic rings. The summed E-state index contributed by atoms with van der Waals surface area (Å²) in [4.78, 5) is 17.1. The van der Waals surface area contributed by atoms with Crippen molar-refractivity contribution in [3.05, 3.63) is 71.4 Å². The van der Waals surface area contributed by atoms with Gasteiger partial charge in [-0.25, -0.2) is 0 Å². The van der Waals surface area contributed by atoms with Gasteiger partial charge >= 0.3 is 0 Å². The first kappa shape index (κ1) is 19.7.